The van der Waals surface area contributed by atoms with E-state index in [1.54, 1.807) is 0 Å². The summed E-state index contributed by atoms with van der Waals surface area (Å²) in [4.78, 5) is 2.38. The molecule has 58 heavy (non-hydrogen) atoms. The summed E-state index contributed by atoms with van der Waals surface area (Å²) >= 11 is 0. The van der Waals surface area contributed by atoms with Crippen LogP contribution in [0.4, 0.5) is 17.1 Å². The van der Waals surface area contributed by atoms with Gasteiger partial charge in [0.1, 0.15) is 0 Å². The van der Waals surface area contributed by atoms with Crippen molar-refractivity contribution >= 4 is 60.4 Å². The molecule has 0 amide bonds. The molecule has 11 aromatic rings. The van der Waals surface area contributed by atoms with Crippen LogP contribution in [-0.4, -0.2) is 4.57 Å². The highest BCUT2D eigenvalue weighted by Crippen LogP contribution is 2.41. The van der Waals surface area contributed by atoms with Crippen molar-refractivity contribution in [1.29, 1.82) is 0 Å². The fraction of sp³-hybridized carbons (Fsp3) is 0. The number of fused-ring (bicyclic) bond motifs is 5. The molecule has 2 heteroatoms. The quantitative estimate of drug-likeness (QED) is 0.158. The Balaban J connectivity index is 1.01. The SMILES string of the molecule is c1ccc(-n2c3ccccc3c3cc(N(c4ccc(-c5cccc(-c6ccc7ccccc7c6)c5)cc4)c4ccc(-c5ccc6ccccc6c5)cc4)ccc32)cc1. The summed E-state index contributed by atoms with van der Waals surface area (Å²) in [7, 11) is 0. The van der Waals surface area contributed by atoms with Crippen LogP contribution in [0.2, 0.25) is 0 Å². The van der Waals surface area contributed by atoms with Crippen LogP contribution in [-0.2, 0) is 0 Å². The molecule has 0 N–H and O–H groups in total. The summed E-state index contributed by atoms with van der Waals surface area (Å²) in [5, 5.41) is 7.46. The summed E-state index contributed by atoms with van der Waals surface area (Å²) in [6.07, 6.45) is 0. The molecule has 0 saturated heterocycles. The highest BCUT2D eigenvalue weighted by atomic mass is 15.1. The number of hydrogen-bond acceptors (Lipinski definition) is 1. The van der Waals surface area contributed by atoms with Gasteiger partial charge in [0.05, 0.1) is 11.0 Å². The third-order valence-electron chi connectivity index (χ3n) is 11.5. The van der Waals surface area contributed by atoms with Gasteiger partial charge in [-0.25, -0.2) is 0 Å². The van der Waals surface area contributed by atoms with Gasteiger partial charge in [0.15, 0.2) is 0 Å². The maximum atomic E-state index is 2.38. The second-order valence-corrected chi connectivity index (χ2v) is 15.0. The van der Waals surface area contributed by atoms with E-state index in [2.05, 4.69) is 240 Å². The molecule has 0 aliphatic carbocycles. The van der Waals surface area contributed by atoms with E-state index in [1.807, 2.05) is 0 Å². The van der Waals surface area contributed by atoms with Gasteiger partial charge in [-0.3, -0.25) is 0 Å². The molecule has 11 rings (SSSR count). The van der Waals surface area contributed by atoms with Crippen LogP contribution >= 0.6 is 0 Å². The fourth-order valence-corrected chi connectivity index (χ4v) is 8.62. The molecule has 0 atom stereocenters. The molecule has 1 aromatic heterocycles. The van der Waals surface area contributed by atoms with Crippen LogP contribution in [0.1, 0.15) is 0 Å². The summed E-state index contributed by atoms with van der Waals surface area (Å²) in [6, 6.07) is 83.7. The van der Waals surface area contributed by atoms with Crippen molar-refractivity contribution in [2.75, 3.05) is 4.90 Å². The van der Waals surface area contributed by atoms with E-state index in [4.69, 9.17) is 0 Å². The van der Waals surface area contributed by atoms with E-state index in [9.17, 15) is 0 Å². The van der Waals surface area contributed by atoms with Gasteiger partial charge in [-0.05, 0) is 134 Å². The topological polar surface area (TPSA) is 8.17 Å². The number of benzene rings is 10. The van der Waals surface area contributed by atoms with Crippen LogP contribution in [0.5, 0.6) is 0 Å². The second kappa shape index (κ2) is 14.1. The zero-order chi connectivity index (χ0) is 38.4. The van der Waals surface area contributed by atoms with Gasteiger partial charge >= 0.3 is 0 Å². The van der Waals surface area contributed by atoms with Gasteiger partial charge in [-0.1, -0.05) is 152 Å². The molecule has 0 spiro atoms. The van der Waals surface area contributed by atoms with Gasteiger partial charge in [0.25, 0.3) is 0 Å². The number of anilines is 3. The normalized spacial score (nSPS) is 11.4. The lowest BCUT2D eigenvalue weighted by Crippen LogP contribution is -2.10. The van der Waals surface area contributed by atoms with Gasteiger partial charge in [-0.2, -0.15) is 0 Å². The molecular weight excluding hydrogens is 701 g/mol. The van der Waals surface area contributed by atoms with Crippen LogP contribution in [0.15, 0.2) is 231 Å². The Morgan fingerprint density at radius 2 is 0.724 bits per heavy atom. The Morgan fingerprint density at radius 3 is 1.36 bits per heavy atom. The molecule has 0 fully saturated rings. The number of aromatic nitrogens is 1. The lowest BCUT2D eigenvalue weighted by Gasteiger charge is -2.26. The molecule has 1 heterocycles. The van der Waals surface area contributed by atoms with Crippen molar-refractivity contribution in [2.45, 2.75) is 0 Å². The molecule has 0 unspecified atom stereocenters. The van der Waals surface area contributed by atoms with E-state index < -0.39 is 0 Å². The minimum atomic E-state index is 1.10. The largest absolute Gasteiger partial charge is 0.310 e. The average Bonchev–Trinajstić information content (AvgIpc) is 3.63. The van der Waals surface area contributed by atoms with Crippen molar-refractivity contribution in [3.63, 3.8) is 0 Å². The standard InChI is InChI=1S/C56H38N2/c1-2-17-49(18-3-1)58-55-20-9-8-19-53(55)54-38-52(33-34-56(54)58)57(51-31-27-42(28-32-51)47-23-21-39-11-4-6-13-43(39)36-47)50-29-25-41(26-30-50)45-15-10-16-46(35-45)48-24-22-40-12-5-7-14-44(40)37-48/h1-38H. The van der Waals surface area contributed by atoms with Crippen LogP contribution in [0.25, 0.3) is 82.4 Å². The first kappa shape index (κ1) is 33.6. The molecule has 2 nitrogen and oxygen atoms in total. The van der Waals surface area contributed by atoms with E-state index >= 15 is 0 Å². The lowest BCUT2D eigenvalue weighted by molar-refractivity contribution is 1.18. The number of para-hydroxylation sites is 2. The Hall–Kier alpha value is -7.68. The van der Waals surface area contributed by atoms with Crippen LogP contribution in [0, 0.1) is 0 Å². The zero-order valence-electron chi connectivity index (χ0n) is 31.8. The van der Waals surface area contributed by atoms with Crippen molar-refractivity contribution in [3.8, 4) is 39.1 Å². The van der Waals surface area contributed by atoms with Crippen molar-refractivity contribution in [3.05, 3.63) is 231 Å². The minimum Gasteiger partial charge on any atom is -0.310 e. The molecule has 0 radical (unpaired) electrons. The summed E-state index contributed by atoms with van der Waals surface area (Å²) in [5.41, 5.74) is 14.0. The molecule has 0 saturated carbocycles. The average molecular weight is 739 g/mol. The molecule has 0 aliphatic rings. The first-order valence-corrected chi connectivity index (χ1v) is 19.9. The van der Waals surface area contributed by atoms with Crippen molar-refractivity contribution in [2.24, 2.45) is 0 Å². The van der Waals surface area contributed by atoms with Crippen molar-refractivity contribution < 1.29 is 0 Å². The van der Waals surface area contributed by atoms with Gasteiger partial charge in [0.2, 0.25) is 0 Å². The molecule has 0 aliphatic heterocycles. The first-order valence-electron chi connectivity index (χ1n) is 19.9. The Kier molecular flexibility index (Phi) is 8.19. The first-order chi connectivity index (χ1) is 28.7. The maximum Gasteiger partial charge on any atom is 0.0542 e. The number of nitrogens with zero attached hydrogens (tertiary/aromatic N) is 2. The van der Waals surface area contributed by atoms with Crippen molar-refractivity contribution in [1.82, 2.24) is 4.57 Å². The van der Waals surface area contributed by atoms with E-state index in [-0.39, 0.29) is 0 Å². The predicted molar refractivity (Wildman–Crippen MR) is 247 cm³/mol. The molecule has 10 aromatic carbocycles. The minimum absolute atomic E-state index is 1.10. The van der Waals surface area contributed by atoms with E-state index in [1.165, 1.54) is 76.7 Å². The molecular formula is C56H38N2. The third kappa shape index (κ3) is 6.00. The van der Waals surface area contributed by atoms with E-state index in [0.717, 1.165) is 22.7 Å². The Bertz CT molecular complexity index is 3270. The second-order valence-electron chi connectivity index (χ2n) is 15.0. The van der Waals surface area contributed by atoms with Crippen LogP contribution in [0.3, 0.4) is 0 Å². The predicted octanol–water partition coefficient (Wildman–Crippen LogP) is 15.6. The smallest absolute Gasteiger partial charge is 0.0542 e. The molecule has 272 valence electrons. The Morgan fingerprint density at radius 1 is 0.259 bits per heavy atom. The highest BCUT2D eigenvalue weighted by molar-refractivity contribution is 6.10. The van der Waals surface area contributed by atoms with Gasteiger partial charge in [-0.15, -0.1) is 0 Å². The fourth-order valence-electron chi connectivity index (χ4n) is 8.62. The van der Waals surface area contributed by atoms with Gasteiger partial charge < -0.3 is 9.47 Å². The number of rotatable bonds is 7. The zero-order valence-corrected chi connectivity index (χ0v) is 31.8. The lowest BCUT2D eigenvalue weighted by atomic mass is 9.97. The summed E-state index contributed by atoms with van der Waals surface area (Å²) in [5.74, 6) is 0. The summed E-state index contributed by atoms with van der Waals surface area (Å²) in [6.45, 7) is 0. The monoisotopic (exact) mass is 738 g/mol. The highest BCUT2D eigenvalue weighted by Gasteiger charge is 2.18. The summed E-state index contributed by atoms with van der Waals surface area (Å²) < 4.78 is 2.37. The Labute approximate surface area is 338 Å². The van der Waals surface area contributed by atoms with Crippen LogP contribution < -0.4 is 4.90 Å². The number of hydrogen-bond donors (Lipinski definition) is 0. The maximum absolute atomic E-state index is 2.38. The van der Waals surface area contributed by atoms with Gasteiger partial charge in [0, 0.05) is 33.5 Å². The van der Waals surface area contributed by atoms with E-state index in [0.29, 0.717) is 0 Å². The third-order valence-corrected chi connectivity index (χ3v) is 11.5. The molecule has 0 bridgehead atoms.